The highest BCUT2D eigenvalue weighted by Gasteiger charge is 2.27. The molecule has 1 amide bonds. The average Bonchev–Trinajstić information content (AvgIpc) is 2.87. The average molecular weight is 283 g/mol. The van der Waals surface area contributed by atoms with Crippen molar-refractivity contribution in [1.82, 2.24) is 5.32 Å². The predicted molar refractivity (Wildman–Crippen MR) is 80.1 cm³/mol. The third-order valence-electron chi connectivity index (χ3n) is 3.49. The molecule has 0 saturated heterocycles. The third-order valence-corrected chi connectivity index (χ3v) is 4.17. The number of amides is 1. The van der Waals surface area contributed by atoms with Gasteiger partial charge in [-0.1, -0.05) is 27.2 Å². The Morgan fingerprint density at radius 2 is 2.21 bits per heavy atom. The van der Waals surface area contributed by atoms with E-state index in [9.17, 15) is 9.90 Å². The first-order chi connectivity index (χ1) is 8.88. The lowest BCUT2D eigenvalue weighted by Crippen LogP contribution is -2.42. The summed E-state index contributed by atoms with van der Waals surface area (Å²) in [6.07, 6.45) is 1.89. The molecule has 0 spiro atoms. The summed E-state index contributed by atoms with van der Waals surface area (Å²) in [4.78, 5) is 12.2. The summed E-state index contributed by atoms with van der Waals surface area (Å²) in [7, 11) is 0. The van der Waals surface area contributed by atoms with Crippen LogP contribution in [-0.2, 0) is 10.4 Å². The maximum absolute atomic E-state index is 12.2. The normalized spacial score (nSPS) is 16.1. The van der Waals surface area contributed by atoms with E-state index in [1.165, 1.54) is 0 Å². The second kappa shape index (κ2) is 7.06. The Labute approximate surface area is 120 Å². The van der Waals surface area contributed by atoms with Gasteiger partial charge in [-0.05, 0) is 41.7 Å². The van der Waals surface area contributed by atoms with E-state index in [0.29, 0.717) is 5.92 Å². The van der Waals surface area contributed by atoms with Crippen molar-refractivity contribution in [2.24, 2.45) is 11.8 Å². The molecule has 1 heterocycles. The van der Waals surface area contributed by atoms with Gasteiger partial charge in [0.2, 0.25) is 5.91 Å². The molecule has 3 nitrogen and oxygen atoms in total. The van der Waals surface area contributed by atoms with Gasteiger partial charge in [0.1, 0.15) is 5.60 Å². The summed E-state index contributed by atoms with van der Waals surface area (Å²) in [6, 6.07) is 1.89. The van der Waals surface area contributed by atoms with Crippen molar-refractivity contribution in [2.45, 2.75) is 46.1 Å². The molecule has 1 aromatic rings. The first-order valence-corrected chi connectivity index (χ1v) is 7.85. The Balaban J connectivity index is 2.58. The van der Waals surface area contributed by atoms with Crippen molar-refractivity contribution in [1.29, 1.82) is 0 Å². The SMILES string of the molecule is CCCC(C(=O)NCC(C)(O)c1ccsc1)C(C)C. The molecule has 1 aromatic heterocycles. The molecule has 2 N–H and O–H groups in total. The minimum absolute atomic E-state index is 0.0308. The molecule has 2 unspecified atom stereocenters. The second-order valence-corrected chi connectivity index (χ2v) is 6.42. The summed E-state index contributed by atoms with van der Waals surface area (Å²) in [5.74, 6) is 0.404. The van der Waals surface area contributed by atoms with E-state index in [1.807, 2.05) is 16.8 Å². The Morgan fingerprint density at radius 3 is 2.68 bits per heavy atom. The number of thiophene rings is 1. The van der Waals surface area contributed by atoms with Gasteiger partial charge in [0, 0.05) is 5.92 Å². The Bertz CT molecular complexity index is 385. The molecular weight excluding hydrogens is 258 g/mol. The second-order valence-electron chi connectivity index (χ2n) is 5.64. The Kier molecular flexibility index (Phi) is 6.01. The minimum Gasteiger partial charge on any atom is -0.384 e. The van der Waals surface area contributed by atoms with Gasteiger partial charge in [-0.15, -0.1) is 0 Å². The number of rotatable bonds is 7. The van der Waals surface area contributed by atoms with Crippen LogP contribution in [0.1, 0.15) is 46.1 Å². The van der Waals surface area contributed by atoms with Crippen molar-refractivity contribution < 1.29 is 9.90 Å². The maximum atomic E-state index is 12.2. The fraction of sp³-hybridized carbons (Fsp3) is 0.667. The van der Waals surface area contributed by atoms with Gasteiger partial charge in [-0.3, -0.25) is 4.79 Å². The Morgan fingerprint density at radius 1 is 1.53 bits per heavy atom. The fourth-order valence-electron chi connectivity index (χ4n) is 2.14. The lowest BCUT2D eigenvalue weighted by molar-refractivity contribution is -0.127. The fourth-order valence-corrected chi connectivity index (χ4v) is 2.92. The zero-order chi connectivity index (χ0) is 14.5. The molecule has 2 atom stereocenters. The quantitative estimate of drug-likeness (QED) is 0.807. The van der Waals surface area contributed by atoms with Crippen LogP contribution >= 0.6 is 11.3 Å². The lowest BCUT2D eigenvalue weighted by atomic mass is 9.90. The van der Waals surface area contributed by atoms with Gasteiger partial charge in [-0.25, -0.2) is 0 Å². The number of carbonyl (C=O) groups excluding carboxylic acids is 1. The molecule has 1 rings (SSSR count). The van der Waals surface area contributed by atoms with Gasteiger partial charge in [-0.2, -0.15) is 11.3 Å². The van der Waals surface area contributed by atoms with Crippen LogP contribution in [0.3, 0.4) is 0 Å². The van der Waals surface area contributed by atoms with Crippen LogP contribution in [0, 0.1) is 11.8 Å². The van der Waals surface area contributed by atoms with Crippen molar-refractivity contribution in [3.8, 4) is 0 Å². The smallest absolute Gasteiger partial charge is 0.223 e. The molecule has 0 aliphatic carbocycles. The van der Waals surface area contributed by atoms with Gasteiger partial charge in [0.25, 0.3) is 0 Å². The molecule has 0 aromatic carbocycles. The van der Waals surface area contributed by atoms with Crippen LogP contribution in [0.25, 0.3) is 0 Å². The highest BCUT2D eigenvalue weighted by Crippen LogP contribution is 2.23. The molecule has 0 bridgehead atoms. The van der Waals surface area contributed by atoms with Gasteiger partial charge in [0.05, 0.1) is 6.54 Å². The number of carbonyl (C=O) groups is 1. The summed E-state index contributed by atoms with van der Waals surface area (Å²) < 4.78 is 0. The van der Waals surface area contributed by atoms with Crippen LogP contribution in [0.2, 0.25) is 0 Å². The molecule has 0 fully saturated rings. The summed E-state index contributed by atoms with van der Waals surface area (Å²) in [5.41, 5.74) is -0.141. The van der Waals surface area contributed by atoms with E-state index in [2.05, 4.69) is 26.1 Å². The van der Waals surface area contributed by atoms with Crippen LogP contribution in [0.5, 0.6) is 0 Å². The predicted octanol–water partition coefficient (Wildman–Crippen LogP) is 3.14. The summed E-state index contributed by atoms with van der Waals surface area (Å²) >= 11 is 1.55. The van der Waals surface area contributed by atoms with E-state index in [0.717, 1.165) is 18.4 Å². The van der Waals surface area contributed by atoms with E-state index in [-0.39, 0.29) is 18.4 Å². The first-order valence-electron chi connectivity index (χ1n) is 6.91. The highest BCUT2D eigenvalue weighted by molar-refractivity contribution is 7.08. The van der Waals surface area contributed by atoms with Crippen molar-refractivity contribution in [2.75, 3.05) is 6.54 Å². The molecule has 4 heteroatoms. The van der Waals surface area contributed by atoms with Crippen LogP contribution < -0.4 is 5.32 Å². The third kappa shape index (κ3) is 4.62. The molecule has 0 saturated carbocycles. The van der Waals surface area contributed by atoms with E-state index in [1.54, 1.807) is 18.3 Å². The van der Waals surface area contributed by atoms with Crippen molar-refractivity contribution in [3.63, 3.8) is 0 Å². The van der Waals surface area contributed by atoms with Crippen LogP contribution in [0.4, 0.5) is 0 Å². The maximum Gasteiger partial charge on any atom is 0.223 e. The van der Waals surface area contributed by atoms with E-state index in [4.69, 9.17) is 0 Å². The van der Waals surface area contributed by atoms with Gasteiger partial charge >= 0.3 is 0 Å². The molecule has 0 aliphatic rings. The molecule has 0 aliphatic heterocycles. The minimum atomic E-state index is -0.997. The van der Waals surface area contributed by atoms with Crippen LogP contribution in [-0.4, -0.2) is 17.6 Å². The highest BCUT2D eigenvalue weighted by atomic mass is 32.1. The zero-order valence-corrected chi connectivity index (χ0v) is 13.1. The number of aliphatic hydroxyl groups is 1. The number of hydrogen-bond acceptors (Lipinski definition) is 3. The Hall–Kier alpha value is -0.870. The van der Waals surface area contributed by atoms with Crippen LogP contribution in [0.15, 0.2) is 16.8 Å². The molecular formula is C15H25NO2S. The van der Waals surface area contributed by atoms with Gasteiger partial charge < -0.3 is 10.4 Å². The van der Waals surface area contributed by atoms with Crippen molar-refractivity contribution in [3.05, 3.63) is 22.4 Å². The summed E-state index contributed by atoms with van der Waals surface area (Å²) in [6.45, 7) is 8.22. The molecule has 0 radical (unpaired) electrons. The zero-order valence-electron chi connectivity index (χ0n) is 12.3. The molecule has 19 heavy (non-hydrogen) atoms. The van der Waals surface area contributed by atoms with E-state index >= 15 is 0 Å². The number of hydrogen-bond donors (Lipinski definition) is 2. The van der Waals surface area contributed by atoms with Crippen molar-refractivity contribution >= 4 is 17.2 Å². The first kappa shape index (κ1) is 16.2. The monoisotopic (exact) mass is 283 g/mol. The number of nitrogens with one attached hydrogen (secondary N) is 1. The standard InChI is InChI=1S/C15H25NO2S/c1-5-6-13(11(2)3)14(17)16-10-15(4,18)12-7-8-19-9-12/h7-9,11,13,18H,5-6,10H2,1-4H3,(H,16,17). The molecule has 108 valence electrons. The lowest BCUT2D eigenvalue weighted by Gasteiger charge is -2.26. The topological polar surface area (TPSA) is 49.3 Å². The summed E-state index contributed by atoms with van der Waals surface area (Å²) in [5, 5.41) is 17.1. The van der Waals surface area contributed by atoms with E-state index < -0.39 is 5.60 Å². The largest absolute Gasteiger partial charge is 0.384 e. The van der Waals surface area contributed by atoms with Gasteiger partial charge in [0.15, 0.2) is 0 Å².